The number of nitrogens with two attached hydrogens (primary N) is 1. The third-order valence-corrected chi connectivity index (χ3v) is 4.17. The summed E-state index contributed by atoms with van der Waals surface area (Å²) >= 11 is 0. The molecule has 2 rings (SSSR count). The third-order valence-electron chi connectivity index (χ3n) is 4.17. The van der Waals surface area contributed by atoms with Crippen LogP contribution in [0, 0.1) is 0 Å². The molecule has 1 aromatic rings. The molecule has 1 aromatic carbocycles. The summed E-state index contributed by atoms with van der Waals surface area (Å²) in [5.41, 5.74) is 8.76. The van der Waals surface area contributed by atoms with Crippen LogP contribution in [0.2, 0.25) is 0 Å². The summed E-state index contributed by atoms with van der Waals surface area (Å²) in [5.74, 6) is 0. The minimum atomic E-state index is 0.432. The van der Waals surface area contributed by atoms with E-state index in [0.29, 0.717) is 12.1 Å². The fourth-order valence-corrected chi connectivity index (χ4v) is 2.89. The summed E-state index contributed by atoms with van der Waals surface area (Å²) in [6.45, 7) is 2.23. The molecule has 1 saturated carbocycles. The van der Waals surface area contributed by atoms with Crippen molar-refractivity contribution in [3.05, 3.63) is 29.8 Å². The molecule has 2 N–H and O–H groups in total. The third kappa shape index (κ3) is 3.26. The molecule has 100 valence electrons. The summed E-state index contributed by atoms with van der Waals surface area (Å²) in [6.07, 6.45) is 7.20. The van der Waals surface area contributed by atoms with Gasteiger partial charge in [-0.05, 0) is 49.8 Å². The standard InChI is InChI=1S/C16H26N2/c1-3-4-13-5-9-15(10-6-13)18(2)16-11-7-14(17)8-12-16/h5-6,9-10,14,16H,3-4,7-8,11-12,17H2,1-2H3. The molecule has 0 aliphatic heterocycles. The fraction of sp³-hybridized carbons (Fsp3) is 0.625. The second-order valence-electron chi connectivity index (χ2n) is 5.60. The Kier molecular flexibility index (Phi) is 4.65. The van der Waals surface area contributed by atoms with E-state index in [2.05, 4.69) is 43.1 Å². The molecule has 1 aliphatic carbocycles. The molecule has 0 unspecified atom stereocenters. The van der Waals surface area contributed by atoms with E-state index in [1.165, 1.54) is 49.8 Å². The lowest BCUT2D eigenvalue weighted by atomic mass is 9.90. The highest BCUT2D eigenvalue weighted by molar-refractivity contribution is 5.48. The van der Waals surface area contributed by atoms with Crippen molar-refractivity contribution in [1.29, 1.82) is 0 Å². The molecule has 0 aromatic heterocycles. The number of anilines is 1. The Labute approximate surface area is 111 Å². The minimum Gasteiger partial charge on any atom is -0.372 e. The van der Waals surface area contributed by atoms with Gasteiger partial charge in [0.05, 0.1) is 0 Å². The lowest BCUT2D eigenvalue weighted by Crippen LogP contribution is -2.38. The van der Waals surface area contributed by atoms with E-state index in [1.54, 1.807) is 0 Å². The van der Waals surface area contributed by atoms with Crippen LogP contribution in [-0.4, -0.2) is 19.1 Å². The van der Waals surface area contributed by atoms with Crippen molar-refractivity contribution < 1.29 is 0 Å². The van der Waals surface area contributed by atoms with Crippen molar-refractivity contribution >= 4 is 5.69 Å². The molecule has 0 heterocycles. The maximum Gasteiger partial charge on any atom is 0.0366 e. The Balaban J connectivity index is 1.97. The second-order valence-corrected chi connectivity index (χ2v) is 5.60. The zero-order valence-electron chi connectivity index (χ0n) is 11.7. The van der Waals surface area contributed by atoms with Crippen LogP contribution in [0.3, 0.4) is 0 Å². The number of rotatable bonds is 4. The van der Waals surface area contributed by atoms with E-state index in [4.69, 9.17) is 5.73 Å². The molecule has 0 radical (unpaired) electrons. The van der Waals surface area contributed by atoms with Crippen molar-refractivity contribution in [1.82, 2.24) is 0 Å². The first-order valence-electron chi connectivity index (χ1n) is 7.28. The van der Waals surface area contributed by atoms with E-state index in [-0.39, 0.29) is 0 Å². The van der Waals surface area contributed by atoms with Gasteiger partial charge in [-0.25, -0.2) is 0 Å². The molecule has 0 spiro atoms. The van der Waals surface area contributed by atoms with Crippen LogP contribution in [0.5, 0.6) is 0 Å². The van der Waals surface area contributed by atoms with Gasteiger partial charge in [0.25, 0.3) is 0 Å². The Bertz CT molecular complexity index is 350. The average molecular weight is 246 g/mol. The molecule has 2 heteroatoms. The first-order valence-corrected chi connectivity index (χ1v) is 7.28. The van der Waals surface area contributed by atoms with Gasteiger partial charge in [0.15, 0.2) is 0 Å². The van der Waals surface area contributed by atoms with Crippen LogP contribution < -0.4 is 10.6 Å². The normalized spacial score (nSPS) is 23.9. The fourth-order valence-electron chi connectivity index (χ4n) is 2.89. The molecular formula is C16H26N2. The minimum absolute atomic E-state index is 0.432. The van der Waals surface area contributed by atoms with Crippen molar-refractivity contribution in [3.63, 3.8) is 0 Å². The Morgan fingerprint density at radius 3 is 2.28 bits per heavy atom. The van der Waals surface area contributed by atoms with Crippen LogP contribution in [-0.2, 0) is 6.42 Å². The van der Waals surface area contributed by atoms with Gasteiger partial charge in [0.2, 0.25) is 0 Å². The maximum absolute atomic E-state index is 5.97. The highest BCUT2D eigenvalue weighted by atomic mass is 15.1. The summed E-state index contributed by atoms with van der Waals surface area (Å²) in [7, 11) is 2.22. The van der Waals surface area contributed by atoms with Gasteiger partial charge in [0, 0.05) is 24.8 Å². The Hall–Kier alpha value is -1.02. The van der Waals surface area contributed by atoms with Crippen LogP contribution in [0.1, 0.15) is 44.6 Å². The number of hydrogen-bond acceptors (Lipinski definition) is 2. The molecule has 0 bridgehead atoms. The smallest absolute Gasteiger partial charge is 0.0366 e. The summed E-state index contributed by atoms with van der Waals surface area (Å²) in [6, 6.07) is 10.2. The number of aryl methyl sites for hydroxylation is 1. The van der Waals surface area contributed by atoms with Gasteiger partial charge in [-0.2, -0.15) is 0 Å². The predicted molar refractivity (Wildman–Crippen MR) is 79.1 cm³/mol. The zero-order chi connectivity index (χ0) is 13.0. The van der Waals surface area contributed by atoms with Crippen LogP contribution in [0.15, 0.2) is 24.3 Å². The van der Waals surface area contributed by atoms with Crippen molar-refractivity contribution in [2.75, 3.05) is 11.9 Å². The maximum atomic E-state index is 5.97. The zero-order valence-corrected chi connectivity index (χ0v) is 11.7. The second kappa shape index (κ2) is 6.24. The highest BCUT2D eigenvalue weighted by Crippen LogP contribution is 2.26. The van der Waals surface area contributed by atoms with Crippen molar-refractivity contribution in [2.24, 2.45) is 5.73 Å². The molecule has 1 fully saturated rings. The molecule has 0 atom stereocenters. The topological polar surface area (TPSA) is 29.3 Å². The quantitative estimate of drug-likeness (QED) is 0.883. The summed E-state index contributed by atoms with van der Waals surface area (Å²) in [5, 5.41) is 0. The van der Waals surface area contributed by atoms with Crippen LogP contribution in [0.4, 0.5) is 5.69 Å². The number of hydrogen-bond donors (Lipinski definition) is 1. The lowest BCUT2D eigenvalue weighted by Gasteiger charge is -2.35. The molecule has 1 aliphatic rings. The Morgan fingerprint density at radius 1 is 1.11 bits per heavy atom. The van der Waals surface area contributed by atoms with Gasteiger partial charge in [-0.15, -0.1) is 0 Å². The molecular weight excluding hydrogens is 220 g/mol. The SMILES string of the molecule is CCCc1ccc(N(C)C2CCC(N)CC2)cc1. The summed E-state index contributed by atoms with van der Waals surface area (Å²) < 4.78 is 0. The van der Waals surface area contributed by atoms with Gasteiger partial charge in [-0.3, -0.25) is 0 Å². The van der Waals surface area contributed by atoms with Crippen molar-refractivity contribution in [2.45, 2.75) is 57.5 Å². The van der Waals surface area contributed by atoms with Gasteiger partial charge >= 0.3 is 0 Å². The predicted octanol–water partition coefficient (Wildman–Crippen LogP) is 3.35. The van der Waals surface area contributed by atoms with Crippen LogP contribution in [0.25, 0.3) is 0 Å². The van der Waals surface area contributed by atoms with E-state index in [9.17, 15) is 0 Å². The summed E-state index contributed by atoms with van der Waals surface area (Å²) in [4.78, 5) is 2.43. The van der Waals surface area contributed by atoms with Crippen LogP contribution >= 0.6 is 0 Å². The van der Waals surface area contributed by atoms with E-state index < -0.39 is 0 Å². The molecule has 18 heavy (non-hydrogen) atoms. The number of benzene rings is 1. The van der Waals surface area contributed by atoms with Crippen molar-refractivity contribution in [3.8, 4) is 0 Å². The monoisotopic (exact) mass is 246 g/mol. The van der Waals surface area contributed by atoms with E-state index >= 15 is 0 Å². The average Bonchev–Trinajstić information content (AvgIpc) is 2.40. The molecule has 0 saturated heterocycles. The lowest BCUT2D eigenvalue weighted by molar-refractivity contribution is 0.385. The van der Waals surface area contributed by atoms with Gasteiger partial charge < -0.3 is 10.6 Å². The first-order chi connectivity index (χ1) is 8.70. The largest absolute Gasteiger partial charge is 0.372 e. The highest BCUT2D eigenvalue weighted by Gasteiger charge is 2.21. The van der Waals surface area contributed by atoms with E-state index in [1.807, 2.05) is 0 Å². The molecule has 0 amide bonds. The van der Waals surface area contributed by atoms with E-state index in [0.717, 1.165) is 0 Å². The first kappa shape index (κ1) is 13.4. The number of nitrogens with zero attached hydrogens (tertiary/aromatic N) is 1. The molecule has 2 nitrogen and oxygen atoms in total. The Morgan fingerprint density at radius 2 is 1.72 bits per heavy atom. The van der Waals surface area contributed by atoms with Gasteiger partial charge in [-0.1, -0.05) is 25.5 Å². The van der Waals surface area contributed by atoms with Gasteiger partial charge in [0.1, 0.15) is 0 Å².